The Bertz CT molecular complexity index is 1030. The molecule has 0 aliphatic heterocycles. The molecule has 1 aromatic carbocycles. The summed E-state index contributed by atoms with van der Waals surface area (Å²) in [7, 11) is -4.09. The smallest absolute Gasteiger partial charge is 0.243 e. The Morgan fingerprint density at radius 2 is 1.61 bits per heavy atom. The third kappa shape index (κ3) is 5.18. The molecule has 0 saturated carbocycles. The van der Waals surface area contributed by atoms with Crippen molar-refractivity contribution < 1.29 is 17.2 Å². The van der Waals surface area contributed by atoms with E-state index >= 15 is 0 Å². The molecule has 0 atom stereocenters. The van der Waals surface area contributed by atoms with E-state index in [2.05, 4.69) is 30.5 Å². The minimum Gasteiger partial charge on any atom is -0.367 e. The predicted octanol–water partition coefficient (Wildman–Crippen LogP) is 2.28. The quantitative estimate of drug-likeness (QED) is 0.493. The third-order valence-corrected chi connectivity index (χ3v) is 5.02. The highest BCUT2D eigenvalue weighted by atomic mass is 32.2. The first-order chi connectivity index (χ1) is 13.4. The molecule has 0 spiro atoms. The minimum atomic E-state index is -4.09. The lowest BCUT2D eigenvalue weighted by molar-refractivity contribution is 0.543. The fourth-order valence-electron chi connectivity index (χ4n) is 2.22. The number of aromatic nitrogens is 3. The SMILES string of the molecule is O=S(=O)(NCCNc1ccc(Nc2ccncc2)nn1)c1ccc(F)cc1F. The van der Waals surface area contributed by atoms with Gasteiger partial charge < -0.3 is 10.6 Å². The Labute approximate surface area is 160 Å². The molecule has 0 bridgehead atoms. The second-order valence-corrected chi connectivity index (χ2v) is 7.30. The Balaban J connectivity index is 1.49. The molecule has 0 amide bonds. The van der Waals surface area contributed by atoms with Crippen LogP contribution in [-0.2, 0) is 10.0 Å². The van der Waals surface area contributed by atoms with Crippen molar-refractivity contribution in [2.45, 2.75) is 4.90 Å². The van der Waals surface area contributed by atoms with Crippen LogP contribution in [0.1, 0.15) is 0 Å². The van der Waals surface area contributed by atoms with Gasteiger partial charge in [0.05, 0.1) is 0 Å². The zero-order chi connectivity index (χ0) is 20.0. The molecular formula is C17H16F2N6O2S. The van der Waals surface area contributed by atoms with Gasteiger partial charge in [-0.3, -0.25) is 4.98 Å². The zero-order valence-corrected chi connectivity index (χ0v) is 15.2. The number of benzene rings is 1. The van der Waals surface area contributed by atoms with Gasteiger partial charge in [0.15, 0.2) is 5.82 Å². The highest BCUT2D eigenvalue weighted by Gasteiger charge is 2.18. The van der Waals surface area contributed by atoms with Crippen LogP contribution in [0.5, 0.6) is 0 Å². The lowest BCUT2D eigenvalue weighted by Gasteiger charge is -2.09. The molecular weight excluding hydrogens is 390 g/mol. The first kappa shape index (κ1) is 19.6. The molecule has 0 radical (unpaired) electrons. The van der Waals surface area contributed by atoms with E-state index in [1.165, 1.54) is 0 Å². The summed E-state index contributed by atoms with van der Waals surface area (Å²) in [6.45, 7) is 0.158. The molecule has 0 saturated heterocycles. The van der Waals surface area contributed by atoms with Crippen LogP contribution in [0, 0.1) is 11.6 Å². The first-order valence-corrected chi connectivity index (χ1v) is 9.62. The van der Waals surface area contributed by atoms with Gasteiger partial charge in [-0.05, 0) is 36.4 Å². The van der Waals surface area contributed by atoms with Crippen LogP contribution >= 0.6 is 0 Å². The van der Waals surface area contributed by atoms with Gasteiger partial charge in [-0.2, -0.15) is 0 Å². The van der Waals surface area contributed by atoms with E-state index in [0.717, 1.165) is 17.8 Å². The molecule has 0 aliphatic carbocycles. The normalized spacial score (nSPS) is 11.2. The Hall–Kier alpha value is -3.18. The molecule has 146 valence electrons. The molecule has 0 unspecified atom stereocenters. The molecule has 2 heterocycles. The van der Waals surface area contributed by atoms with Gasteiger partial charge in [-0.15, -0.1) is 10.2 Å². The van der Waals surface area contributed by atoms with Gasteiger partial charge in [0.2, 0.25) is 10.0 Å². The first-order valence-electron chi connectivity index (χ1n) is 8.13. The van der Waals surface area contributed by atoms with E-state index in [1.54, 1.807) is 36.7 Å². The molecule has 28 heavy (non-hydrogen) atoms. The van der Waals surface area contributed by atoms with Crippen LogP contribution in [0.25, 0.3) is 0 Å². The van der Waals surface area contributed by atoms with Crippen LogP contribution < -0.4 is 15.4 Å². The highest BCUT2D eigenvalue weighted by molar-refractivity contribution is 7.89. The van der Waals surface area contributed by atoms with E-state index in [0.29, 0.717) is 17.7 Å². The van der Waals surface area contributed by atoms with Crippen molar-refractivity contribution in [1.82, 2.24) is 19.9 Å². The molecule has 3 rings (SSSR count). The Morgan fingerprint density at radius 3 is 2.29 bits per heavy atom. The monoisotopic (exact) mass is 406 g/mol. The second-order valence-electron chi connectivity index (χ2n) is 5.56. The summed E-state index contributed by atoms with van der Waals surface area (Å²) < 4.78 is 52.8. The number of rotatable bonds is 8. The van der Waals surface area contributed by atoms with Gasteiger partial charge in [0.25, 0.3) is 0 Å². The maximum Gasteiger partial charge on any atom is 0.243 e. The van der Waals surface area contributed by atoms with Gasteiger partial charge in [-0.25, -0.2) is 21.9 Å². The number of nitrogens with one attached hydrogen (secondary N) is 3. The van der Waals surface area contributed by atoms with Crippen molar-refractivity contribution in [3.63, 3.8) is 0 Å². The van der Waals surface area contributed by atoms with Crippen LogP contribution in [0.3, 0.4) is 0 Å². The minimum absolute atomic E-state index is 0.0299. The largest absolute Gasteiger partial charge is 0.367 e. The van der Waals surface area contributed by atoms with Crippen LogP contribution in [0.4, 0.5) is 26.1 Å². The summed E-state index contributed by atoms with van der Waals surface area (Å²) >= 11 is 0. The molecule has 11 heteroatoms. The standard InChI is InChI=1S/C17H16F2N6O2S/c18-12-1-2-15(14(19)11-12)28(26,27)22-10-9-21-16-3-4-17(25-24-16)23-13-5-7-20-8-6-13/h1-8,11,22H,9-10H2,(H,21,24)(H,20,23,25). The number of halogens is 2. The molecule has 0 fully saturated rings. The van der Waals surface area contributed by atoms with Crippen molar-refractivity contribution in [3.8, 4) is 0 Å². The van der Waals surface area contributed by atoms with E-state index in [-0.39, 0.29) is 13.1 Å². The second kappa shape index (κ2) is 8.67. The number of sulfonamides is 1. The number of anilines is 3. The summed E-state index contributed by atoms with van der Waals surface area (Å²) in [4.78, 5) is 3.30. The summed E-state index contributed by atoms with van der Waals surface area (Å²) in [6.07, 6.45) is 3.29. The molecule has 2 aromatic heterocycles. The van der Waals surface area contributed by atoms with Crippen LogP contribution in [0.2, 0.25) is 0 Å². The molecule has 8 nitrogen and oxygen atoms in total. The summed E-state index contributed by atoms with van der Waals surface area (Å²) in [6, 6.07) is 9.21. The van der Waals surface area contributed by atoms with Crippen LogP contribution in [-0.4, -0.2) is 36.7 Å². The Kier molecular flexibility index (Phi) is 6.06. The van der Waals surface area contributed by atoms with E-state index in [4.69, 9.17) is 0 Å². The molecule has 3 aromatic rings. The summed E-state index contributed by atoms with van der Waals surface area (Å²) in [5, 5.41) is 13.9. The number of nitrogens with zero attached hydrogens (tertiary/aromatic N) is 3. The van der Waals surface area contributed by atoms with Crippen molar-refractivity contribution in [3.05, 3.63) is 66.5 Å². The number of pyridine rings is 1. The molecule has 3 N–H and O–H groups in total. The maximum atomic E-state index is 13.6. The predicted molar refractivity (Wildman–Crippen MR) is 99.6 cm³/mol. The van der Waals surface area contributed by atoms with Gasteiger partial charge >= 0.3 is 0 Å². The lowest BCUT2D eigenvalue weighted by Crippen LogP contribution is -2.29. The summed E-state index contributed by atoms with van der Waals surface area (Å²) in [5.41, 5.74) is 0.812. The van der Waals surface area contributed by atoms with Crippen molar-refractivity contribution in [2.24, 2.45) is 0 Å². The van der Waals surface area contributed by atoms with Gasteiger partial charge in [0.1, 0.15) is 22.3 Å². The topological polar surface area (TPSA) is 109 Å². The fraction of sp³-hybridized carbons (Fsp3) is 0.118. The van der Waals surface area contributed by atoms with E-state index in [1.807, 2.05) is 0 Å². The van der Waals surface area contributed by atoms with Crippen molar-refractivity contribution in [2.75, 3.05) is 23.7 Å². The van der Waals surface area contributed by atoms with Crippen molar-refractivity contribution >= 4 is 27.3 Å². The number of hydrogen-bond acceptors (Lipinski definition) is 7. The maximum absolute atomic E-state index is 13.6. The number of hydrogen-bond donors (Lipinski definition) is 3. The lowest BCUT2D eigenvalue weighted by atomic mass is 10.3. The average molecular weight is 406 g/mol. The van der Waals surface area contributed by atoms with Crippen LogP contribution in [0.15, 0.2) is 59.8 Å². The van der Waals surface area contributed by atoms with Gasteiger partial charge in [0, 0.05) is 37.2 Å². The fourth-order valence-corrected chi connectivity index (χ4v) is 3.31. The highest BCUT2D eigenvalue weighted by Crippen LogP contribution is 2.15. The van der Waals surface area contributed by atoms with E-state index < -0.39 is 26.6 Å². The van der Waals surface area contributed by atoms with Gasteiger partial charge in [-0.1, -0.05) is 0 Å². The molecule has 0 aliphatic rings. The third-order valence-electron chi connectivity index (χ3n) is 3.52. The zero-order valence-electron chi connectivity index (χ0n) is 14.4. The van der Waals surface area contributed by atoms with Crippen molar-refractivity contribution in [1.29, 1.82) is 0 Å². The summed E-state index contributed by atoms with van der Waals surface area (Å²) in [5.74, 6) is -1.03. The average Bonchev–Trinajstić information content (AvgIpc) is 2.67. The van der Waals surface area contributed by atoms with E-state index in [9.17, 15) is 17.2 Å². The Morgan fingerprint density at radius 1 is 0.893 bits per heavy atom.